The van der Waals surface area contributed by atoms with Crippen molar-refractivity contribution in [2.24, 2.45) is 21.8 Å². The van der Waals surface area contributed by atoms with Crippen LogP contribution >= 0.6 is 11.6 Å². The van der Waals surface area contributed by atoms with E-state index in [0.717, 1.165) is 53.8 Å². The summed E-state index contributed by atoms with van der Waals surface area (Å²) in [4.78, 5) is 23.7. The Morgan fingerprint density at radius 2 is 2.09 bits per heavy atom. The molecular formula is C26H33ClN4O2. The van der Waals surface area contributed by atoms with Crippen LogP contribution < -0.4 is 5.32 Å². The normalized spacial score (nSPS) is 19.6. The summed E-state index contributed by atoms with van der Waals surface area (Å²) in [7, 11) is 1.31. The summed E-state index contributed by atoms with van der Waals surface area (Å²) >= 11 is 6.34. The standard InChI is InChI=1S/C24H29ClN4.C2H4O2/c1-3-7-22-24(27-15-16(2)17-8-6-9-17)29-20-12-11-18(25)14-19(20)23(28-22)21-10-4-5-13-26-21;1-4-2-3/h4-5,10-14,16-17,22H,3,6-9,15H2,1-2H3,(H,27,29);2H,1H3/t16?,22-;/m0./s1. The van der Waals surface area contributed by atoms with Crippen molar-refractivity contribution >= 4 is 35.3 Å². The van der Waals surface area contributed by atoms with Gasteiger partial charge in [-0.25, -0.2) is 0 Å². The molecule has 176 valence electrons. The molecule has 0 amide bonds. The second-order valence-electron chi connectivity index (χ2n) is 8.54. The predicted octanol–water partition coefficient (Wildman–Crippen LogP) is 5.79. The van der Waals surface area contributed by atoms with E-state index >= 15 is 0 Å². The number of benzene rings is 1. The molecule has 0 bridgehead atoms. The van der Waals surface area contributed by atoms with Crippen LogP contribution in [0.2, 0.25) is 5.02 Å². The van der Waals surface area contributed by atoms with E-state index in [4.69, 9.17) is 26.4 Å². The van der Waals surface area contributed by atoms with E-state index < -0.39 is 0 Å². The Morgan fingerprint density at radius 3 is 2.70 bits per heavy atom. The van der Waals surface area contributed by atoms with E-state index in [1.165, 1.54) is 26.4 Å². The van der Waals surface area contributed by atoms with Crippen molar-refractivity contribution in [2.75, 3.05) is 19.0 Å². The fourth-order valence-corrected chi connectivity index (χ4v) is 4.23. The molecule has 1 aliphatic heterocycles. The van der Waals surface area contributed by atoms with Crippen LogP contribution in [0.3, 0.4) is 0 Å². The first-order valence-corrected chi connectivity index (χ1v) is 12.0. The zero-order chi connectivity index (χ0) is 23.6. The number of benzodiazepines with no additional fused rings is 1. The molecule has 0 spiro atoms. The first-order valence-electron chi connectivity index (χ1n) is 11.6. The lowest BCUT2D eigenvalue weighted by molar-refractivity contribution is -0.126. The molecule has 7 heteroatoms. The quantitative estimate of drug-likeness (QED) is 0.521. The summed E-state index contributed by atoms with van der Waals surface area (Å²) in [5, 5.41) is 4.30. The van der Waals surface area contributed by atoms with E-state index in [1.54, 1.807) is 0 Å². The number of nitrogens with one attached hydrogen (secondary N) is 1. The summed E-state index contributed by atoms with van der Waals surface area (Å²) in [6.45, 7) is 5.75. The highest BCUT2D eigenvalue weighted by atomic mass is 35.5. The van der Waals surface area contributed by atoms with Gasteiger partial charge in [0.2, 0.25) is 0 Å². The van der Waals surface area contributed by atoms with E-state index in [1.807, 2.05) is 42.6 Å². The van der Waals surface area contributed by atoms with Gasteiger partial charge in [-0.1, -0.05) is 57.2 Å². The third kappa shape index (κ3) is 6.64. The Morgan fingerprint density at radius 1 is 1.30 bits per heavy atom. The van der Waals surface area contributed by atoms with Gasteiger partial charge in [0.1, 0.15) is 11.9 Å². The van der Waals surface area contributed by atoms with Crippen LogP contribution in [-0.4, -0.2) is 42.7 Å². The van der Waals surface area contributed by atoms with Gasteiger partial charge in [-0.3, -0.25) is 19.8 Å². The fourth-order valence-electron chi connectivity index (χ4n) is 4.06. The molecule has 2 heterocycles. The van der Waals surface area contributed by atoms with Crippen LogP contribution in [0.15, 0.2) is 52.6 Å². The minimum absolute atomic E-state index is 0.00299. The summed E-state index contributed by atoms with van der Waals surface area (Å²) < 4.78 is 3.86. The van der Waals surface area contributed by atoms with Crippen molar-refractivity contribution in [1.82, 2.24) is 4.98 Å². The molecule has 1 aromatic heterocycles. The third-order valence-electron chi connectivity index (χ3n) is 6.17. The molecule has 1 aliphatic carbocycles. The predicted molar refractivity (Wildman–Crippen MR) is 136 cm³/mol. The number of carbonyl (C=O) groups is 1. The number of pyridine rings is 1. The maximum absolute atomic E-state index is 8.95. The average molecular weight is 469 g/mol. The molecule has 1 unspecified atom stereocenters. The minimum atomic E-state index is -0.00299. The zero-order valence-corrected chi connectivity index (χ0v) is 20.4. The van der Waals surface area contributed by atoms with Crippen molar-refractivity contribution < 1.29 is 9.53 Å². The molecular weight excluding hydrogens is 436 g/mol. The van der Waals surface area contributed by atoms with Gasteiger partial charge < -0.3 is 10.1 Å². The van der Waals surface area contributed by atoms with Crippen LogP contribution in [-0.2, 0) is 9.53 Å². The lowest BCUT2D eigenvalue weighted by Gasteiger charge is -2.30. The monoisotopic (exact) mass is 468 g/mol. The van der Waals surface area contributed by atoms with Gasteiger partial charge in [-0.15, -0.1) is 0 Å². The van der Waals surface area contributed by atoms with Crippen LogP contribution in [0.4, 0.5) is 5.69 Å². The van der Waals surface area contributed by atoms with E-state index in [2.05, 4.69) is 28.9 Å². The van der Waals surface area contributed by atoms with Crippen LogP contribution in [0, 0.1) is 11.8 Å². The first-order chi connectivity index (χ1) is 16.1. The number of anilines is 1. The number of methoxy groups -OCH3 is 1. The fraction of sp³-hybridized carbons (Fsp3) is 0.462. The van der Waals surface area contributed by atoms with Gasteiger partial charge in [-0.05, 0) is 48.6 Å². The van der Waals surface area contributed by atoms with Gasteiger partial charge in [0.05, 0.1) is 18.5 Å². The molecule has 6 nitrogen and oxygen atoms in total. The second kappa shape index (κ2) is 12.5. The van der Waals surface area contributed by atoms with Crippen molar-refractivity contribution in [3.8, 4) is 0 Å². The molecule has 4 rings (SSSR count). The number of ether oxygens (including phenoxy) is 1. The van der Waals surface area contributed by atoms with E-state index in [9.17, 15) is 0 Å². The number of carbonyl (C=O) groups excluding carboxylic acids is 1. The Balaban J connectivity index is 0.000000709. The molecule has 0 radical (unpaired) electrons. The van der Waals surface area contributed by atoms with Crippen molar-refractivity contribution in [3.05, 3.63) is 58.9 Å². The van der Waals surface area contributed by atoms with Gasteiger partial charge in [-0.2, -0.15) is 0 Å². The highest BCUT2D eigenvalue weighted by molar-refractivity contribution is 6.32. The van der Waals surface area contributed by atoms with Crippen LogP contribution in [0.25, 0.3) is 0 Å². The summed E-state index contributed by atoms with van der Waals surface area (Å²) in [5.74, 6) is 2.41. The lowest BCUT2D eigenvalue weighted by Crippen LogP contribution is -2.28. The Hall–Kier alpha value is -2.73. The number of aliphatic imine (C=N–C) groups is 2. The zero-order valence-electron chi connectivity index (χ0n) is 19.6. The Bertz CT molecular complexity index is 974. The maximum atomic E-state index is 8.95. The van der Waals surface area contributed by atoms with Gasteiger partial charge in [0.25, 0.3) is 6.47 Å². The number of hydrogen-bond donors (Lipinski definition) is 1. The molecule has 1 N–H and O–H groups in total. The maximum Gasteiger partial charge on any atom is 0.292 e. The van der Waals surface area contributed by atoms with Gasteiger partial charge in [0.15, 0.2) is 0 Å². The SMILES string of the molecule is CCC[C@@H]1N=C(c2ccccn2)c2cc(Cl)ccc2NC1=NCC(C)C1CCC1.COC=O. The summed E-state index contributed by atoms with van der Waals surface area (Å²) in [6.07, 6.45) is 7.86. The van der Waals surface area contributed by atoms with Crippen LogP contribution in [0.5, 0.6) is 0 Å². The van der Waals surface area contributed by atoms with Gasteiger partial charge >= 0.3 is 0 Å². The molecule has 2 aliphatic rings. The minimum Gasteiger partial charge on any atom is -0.471 e. The largest absolute Gasteiger partial charge is 0.471 e. The number of aromatic nitrogens is 1. The molecule has 2 aromatic rings. The number of amidine groups is 1. The molecule has 0 saturated heterocycles. The highest BCUT2D eigenvalue weighted by Crippen LogP contribution is 2.33. The Labute approximate surface area is 201 Å². The van der Waals surface area contributed by atoms with Crippen molar-refractivity contribution in [2.45, 2.75) is 52.0 Å². The second-order valence-corrected chi connectivity index (χ2v) is 8.97. The highest BCUT2D eigenvalue weighted by Gasteiger charge is 2.27. The molecule has 1 fully saturated rings. The molecule has 33 heavy (non-hydrogen) atoms. The first kappa shape index (κ1) is 24.9. The number of halogens is 1. The van der Waals surface area contributed by atoms with Crippen molar-refractivity contribution in [3.63, 3.8) is 0 Å². The number of nitrogens with zero attached hydrogens (tertiary/aromatic N) is 3. The lowest BCUT2D eigenvalue weighted by atomic mass is 9.77. The smallest absolute Gasteiger partial charge is 0.292 e. The molecule has 1 aromatic carbocycles. The average Bonchev–Trinajstić information content (AvgIpc) is 2.94. The summed E-state index contributed by atoms with van der Waals surface area (Å²) in [6, 6.07) is 11.8. The summed E-state index contributed by atoms with van der Waals surface area (Å²) in [5.41, 5.74) is 3.72. The molecule has 1 saturated carbocycles. The third-order valence-corrected chi connectivity index (χ3v) is 6.41. The Kier molecular flexibility index (Phi) is 9.43. The number of hydrogen-bond acceptors (Lipinski definition) is 5. The van der Waals surface area contributed by atoms with E-state index in [-0.39, 0.29) is 6.04 Å². The number of rotatable bonds is 7. The topological polar surface area (TPSA) is 75.9 Å². The van der Waals surface area contributed by atoms with Gasteiger partial charge in [0, 0.05) is 29.0 Å². The molecule has 2 atom stereocenters. The van der Waals surface area contributed by atoms with Crippen LogP contribution in [0.1, 0.15) is 57.2 Å². The number of fused-ring (bicyclic) bond motifs is 1. The van der Waals surface area contributed by atoms with E-state index in [0.29, 0.717) is 17.4 Å². The van der Waals surface area contributed by atoms with Crippen molar-refractivity contribution in [1.29, 1.82) is 0 Å².